The molecule has 3 rings (SSSR count). The first-order valence-corrected chi connectivity index (χ1v) is 12.2. The molecule has 1 saturated carbocycles. The molecule has 2 fully saturated rings. The van der Waals surface area contributed by atoms with E-state index in [0.29, 0.717) is 13.2 Å². The summed E-state index contributed by atoms with van der Waals surface area (Å²) in [7, 11) is -1.66. The monoisotopic (exact) mass is 397 g/mol. The van der Waals surface area contributed by atoms with Crippen molar-refractivity contribution in [3.05, 3.63) is 11.9 Å². The number of hydrogen-bond acceptors (Lipinski definition) is 5. The summed E-state index contributed by atoms with van der Waals surface area (Å²) in [5.41, 5.74) is 1.03. The summed E-state index contributed by atoms with van der Waals surface area (Å²) < 4.78 is 33.5. The Bertz CT molecular complexity index is 673. The summed E-state index contributed by atoms with van der Waals surface area (Å²) in [5, 5.41) is 0.0307. The van der Waals surface area contributed by atoms with Crippen molar-refractivity contribution in [1.29, 1.82) is 0 Å². The maximum atomic E-state index is 13.2. The molecule has 0 amide bonds. The van der Waals surface area contributed by atoms with E-state index in [0.717, 1.165) is 57.4 Å². The third-order valence-corrected chi connectivity index (χ3v) is 8.15. The molecule has 7 heteroatoms. The van der Waals surface area contributed by atoms with Gasteiger partial charge in [0.15, 0.2) is 0 Å². The number of methoxy groups -OCH3 is 1. The van der Waals surface area contributed by atoms with Crippen LogP contribution < -0.4 is 0 Å². The molecule has 2 heterocycles. The van der Waals surface area contributed by atoms with E-state index in [2.05, 4.69) is 9.88 Å². The summed E-state index contributed by atoms with van der Waals surface area (Å²) in [6.07, 6.45) is 12.5. The zero-order valence-corrected chi connectivity index (χ0v) is 17.6. The molecule has 154 valence electrons. The second kappa shape index (κ2) is 10.0. The lowest BCUT2D eigenvalue weighted by Crippen LogP contribution is -2.29. The fourth-order valence-electron chi connectivity index (χ4n) is 4.40. The van der Waals surface area contributed by atoms with Crippen LogP contribution >= 0.6 is 0 Å². The Morgan fingerprint density at radius 1 is 1.07 bits per heavy atom. The van der Waals surface area contributed by atoms with E-state index in [1.165, 1.54) is 32.1 Å². The fraction of sp³-hybridized carbons (Fsp3) is 0.850. The first-order valence-electron chi connectivity index (χ1n) is 10.6. The zero-order chi connectivity index (χ0) is 19.1. The summed E-state index contributed by atoms with van der Waals surface area (Å²) in [4.78, 5) is 6.89. The summed E-state index contributed by atoms with van der Waals surface area (Å²) in [6.45, 7) is 4.25. The second-order valence-corrected chi connectivity index (χ2v) is 10.1. The molecule has 0 N–H and O–H groups in total. The van der Waals surface area contributed by atoms with Crippen LogP contribution in [0.1, 0.15) is 69.9 Å². The predicted octanol–water partition coefficient (Wildman–Crippen LogP) is 3.40. The van der Waals surface area contributed by atoms with E-state index < -0.39 is 9.84 Å². The Hall–Kier alpha value is -0.920. The van der Waals surface area contributed by atoms with E-state index in [-0.39, 0.29) is 10.4 Å². The number of rotatable bonds is 8. The molecule has 1 aliphatic heterocycles. The highest BCUT2D eigenvalue weighted by atomic mass is 32.2. The molecule has 27 heavy (non-hydrogen) atoms. The maximum absolute atomic E-state index is 13.2. The number of aromatic nitrogens is 2. The van der Waals surface area contributed by atoms with Crippen LogP contribution in [0.25, 0.3) is 0 Å². The molecule has 0 spiro atoms. The van der Waals surface area contributed by atoms with Crippen LogP contribution in [0.4, 0.5) is 0 Å². The second-order valence-electron chi connectivity index (χ2n) is 8.03. The molecule has 1 aromatic heterocycles. The molecule has 0 atom stereocenters. The van der Waals surface area contributed by atoms with Crippen LogP contribution in [0.3, 0.4) is 0 Å². The van der Waals surface area contributed by atoms with Gasteiger partial charge in [-0.1, -0.05) is 32.1 Å². The largest absolute Gasteiger partial charge is 0.385 e. The molecule has 0 aromatic carbocycles. The van der Waals surface area contributed by atoms with Crippen LogP contribution in [-0.4, -0.2) is 54.9 Å². The van der Waals surface area contributed by atoms with Crippen LogP contribution in [-0.2, 0) is 27.7 Å². The van der Waals surface area contributed by atoms with Crippen molar-refractivity contribution in [1.82, 2.24) is 14.5 Å². The fourth-order valence-corrected chi connectivity index (χ4v) is 6.37. The lowest BCUT2D eigenvalue weighted by atomic mass is 10.1. The van der Waals surface area contributed by atoms with Crippen molar-refractivity contribution in [2.75, 3.05) is 26.8 Å². The van der Waals surface area contributed by atoms with Gasteiger partial charge in [-0.25, -0.2) is 13.4 Å². The van der Waals surface area contributed by atoms with Gasteiger partial charge in [-0.2, -0.15) is 0 Å². The topological polar surface area (TPSA) is 64.4 Å². The first-order chi connectivity index (χ1) is 13.1. The molecule has 0 unspecified atom stereocenters. The zero-order valence-electron chi connectivity index (χ0n) is 16.7. The maximum Gasteiger partial charge on any atom is 0.228 e. The van der Waals surface area contributed by atoms with Gasteiger partial charge in [0.25, 0.3) is 0 Å². The van der Waals surface area contributed by atoms with Crippen molar-refractivity contribution < 1.29 is 13.2 Å². The Morgan fingerprint density at radius 2 is 1.74 bits per heavy atom. The van der Waals surface area contributed by atoms with Crippen molar-refractivity contribution in [3.63, 3.8) is 0 Å². The average molecular weight is 398 g/mol. The molecule has 0 radical (unpaired) electrons. The number of likely N-dealkylation sites (tertiary alicyclic amines) is 1. The summed E-state index contributed by atoms with van der Waals surface area (Å²) >= 11 is 0. The highest BCUT2D eigenvalue weighted by molar-refractivity contribution is 7.91. The Balaban J connectivity index is 1.81. The lowest BCUT2D eigenvalue weighted by Gasteiger charge is -2.25. The number of nitrogens with zero attached hydrogens (tertiary/aromatic N) is 3. The lowest BCUT2D eigenvalue weighted by molar-refractivity contribution is 0.187. The minimum Gasteiger partial charge on any atom is -0.385 e. The third-order valence-electron chi connectivity index (χ3n) is 5.96. The standard InChI is InChI=1S/C20H35N3O3S/c1-26-15-9-14-23-18(17-22-12-7-3-2-4-8-13-22)16-21-20(23)27(24,25)19-10-5-6-11-19/h16,19H,2-15,17H2,1H3. The van der Waals surface area contributed by atoms with Gasteiger partial charge in [0.05, 0.1) is 17.1 Å². The quantitative estimate of drug-likeness (QED) is 0.629. The van der Waals surface area contributed by atoms with Gasteiger partial charge in [0, 0.05) is 26.8 Å². The average Bonchev–Trinajstić information content (AvgIpc) is 3.28. The van der Waals surface area contributed by atoms with Gasteiger partial charge in [0.1, 0.15) is 0 Å². The summed E-state index contributed by atoms with van der Waals surface area (Å²) in [6, 6.07) is 0. The molecule has 2 aliphatic rings. The Labute approximate surface area is 164 Å². The van der Waals surface area contributed by atoms with E-state index in [1.54, 1.807) is 13.3 Å². The van der Waals surface area contributed by atoms with Crippen LogP contribution in [0.2, 0.25) is 0 Å². The highest BCUT2D eigenvalue weighted by Gasteiger charge is 2.34. The number of ether oxygens (including phenoxy) is 1. The Kier molecular flexibility index (Phi) is 7.73. The van der Waals surface area contributed by atoms with Gasteiger partial charge in [-0.05, 0) is 45.2 Å². The number of hydrogen-bond donors (Lipinski definition) is 0. The van der Waals surface area contributed by atoms with Gasteiger partial charge in [-0.3, -0.25) is 4.90 Å². The van der Waals surface area contributed by atoms with Crippen LogP contribution in [0.5, 0.6) is 0 Å². The minimum absolute atomic E-state index is 0.254. The van der Waals surface area contributed by atoms with Crippen LogP contribution in [0.15, 0.2) is 11.4 Å². The number of imidazole rings is 1. The van der Waals surface area contributed by atoms with Gasteiger partial charge >= 0.3 is 0 Å². The normalized spacial score (nSPS) is 20.6. The molecular formula is C20H35N3O3S. The van der Waals surface area contributed by atoms with Gasteiger partial charge < -0.3 is 9.30 Å². The van der Waals surface area contributed by atoms with Gasteiger partial charge in [0.2, 0.25) is 15.0 Å². The van der Waals surface area contributed by atoms with E-state index in [4.69, 9.17) is 4.74 Å². The number of sulfone groups is 1. The minimum atomic E-state index is -3.35. The predicted molar refractivity (Wildman–Crippen MR) is 107 cm³/mol. The van der Waals surface area contributed by atoms with Gasteiger partial charge in [-0.15, -0.1) is 0 Å². The van der Waals surface area contributed by atoms with E-state index in [1.807, 2.05) is 4.57 Å². The summed E-state index contributed by atoms with van der Waals surface area (Å²) in [5.74, 6) is 0. The molecule has 0 bridgehead atoms. The van der Waals surface area contributed by atoms with Crippen molar-refractivity contribution in [2.24, 2.45) is 0 Å². The molecule has 1 saturated heterocycles. The van der Waals surface area contributed by atoms with Crippen molar-refractivity contribution in [3.8, 4) is 0 Å². The van der Waals surface area contributed by atoms with Crippen molar-refractivity contribution in [2.45, 2.75) is 87.7 Å². The molecule has 6 nitrogen and oxygen atoms in total. The third kappa shape index (κ3) is 5.33. The SMILES string of the molecule is COCCCn1c(CN2CCCCCCC2)cnc1S(=O)(=O)C1CCCC1. The first kappa shape index (κ1) is 20.8. The molecule has 1 aliphatic carbocycles. The van der Waals surface area contributed by atoms with Crippen molar-refractivity contribution >= 4 is 9.84 Å². The molecule has 1 aromatic rings. The van der Waals surface area contributed by atoms with E-state index in [9.17, 15) is 8.42 Å². The Morgan fingerprint density at radius 3 is 2.41 bits per heavy atom. The smallest absolute Gasteiger partial charge is 0.228 e. The van der Waals surface area contributed by atoms with E-state index >= 15 is 0 Å². The molecular weight excluding hydrogens is 362 g/mol. The highest BCUT2D eigenvalue weighted by Crippen LogP contribution is 2.30. The van der Waals surface area contributed by atoms with Crippen LogP contribution in [0, 0.1) is 0 Å².